The van der Waals surface area contributed by atoms with Crippen LogP contribution in [0.3, 0.4) is 0 Å². The molecule has 0 spiro atoms. The van der Waals surface area contributed by atoms with Crippen LogP contribution in [0.5, 0.6) is 0 Å². The van der Waals surface area contributed by atoms with Crippen molar-refractivity contribution in [3.05, 3.63) is 11.6 Å². The third-order valence-electron chi connectivity index (χ3n) is 1.68. The van der Waals surface area contributed by atoms with Crippen LogP contribution in [0.2, 0.25) is 0 Å². The van der Waals surface area contributed by atoms with Crippen molar-refractivity contribution in [1.29, 1.82) is 0 Å². The van der Waals surface area contributed by atoms with E-state index in [1.807, 2.05) is 0 Å². The molecule has 1 unspecified atom stereocenters. The van der Waals surface area contributed by atoms with E-state index in [0.29, 0.717) is 5.75 Å². The van der Waals surface area contributed by atoms with E-state index in [-0.39, 0.29) is 0 Å². The predicted molar refractivity (Wildman–Crippen MR) is 40.7 cm³/mol. The molecule has 0 amide bonds. The third-order valence-corrected chi connectivity index (χ3v) is 3.23. The molecule has 0 N–H and O–H groups in total. The molecule has 0 aliphatic carbocycles. The van der Waals surface area contributed by atoms with Crippen molar-refractivity contribution >= 4 is 11.8 Å². The van der Waals surface area contributed by atoms with Crippen molar-refractivity contribution in [2.75, 3.05) is 5.75 Å². The van der Waals surface area contributed by atoms with Crippen molar-refractivity contribution in [2.24, 2.45) is 0 Å². The van der Waals surface area contributed by atoms with Crippen LogP contribution < -0.4 is 0 Å². The van der Waals surface area contributed by atoms with Gasteiger partial charge < -0.3 is 0 Å². The fourth-order valence-corrected chi connectivity index (χ4v) is 2.04. The molecule has 0 bridgehead atoms. The highest BCUT2D eigenvalue weighted by Crippen LogP contribution is 2.47. The average molecular weight is 182 g/mol. The third kappa shape index (κ3) is 1.55. The van der Waals surface area contributed by atoms with E-state index in [2.05, 4.69) is 0 Å². The second kappa shape index (κ2) is 2.44. The van der Waals surface area contributed by atoms with Gasteiger partial charge in [-0.25, -0.2) is 0 Å². The number of rotatable bonds is 0. The van der Waals surface area contributed by atoms with Crippen LogP contribution in [0.4, 0.5) is 13.2 Å². The normalized spacial score (nSPS) is 32.3. The number of hydrogen-bond donors (Lipinski definition) is 0. The predicted octanol–water partition coefficient (Wildman–Crippen LogP) is 3.00. The molecule has 11 heavy (non-hydrogen) atoms. The molecule has 1 atom stereocenters. The van der Waals surface area contributed by atoms with Crippen LogP contribution in [0.1, 0.15) is 13.8 Å². The zero-order chi connectivity index (χ0) is 8.70. The highest BCUT2D eigenvalue weighted by molar-refractivity contribution is 8.01. The fraction of sp³-hybridized carbons (Fsp3) is 0.714. The van der Waals surface area contributed by atoms with Crippen molar-refractivity contribution in [2.45, 2.75) is 24.8 Å². The molecule has 0 radical (unpaired) electrons. The molecule has 0 aromatic rings. The van der Waals surface area contributed by atoms with Gasteiger partial charge >= 0.3 is 6.18 Å². The molecule has 64 valence electrons. The lowest BCUT2D eigenvalue weighted by Gasteiger charge is -2.23. The van der Waals surface area contributed by atoms with E-state index in [4.69, 9.17) is 0 Å². The summed E-state index contributed by atoms with van der Waals surface area (Å²) in [7, 11) is 0. The molecular weight excluding hydrogens is 173 g/mol. The van der Waals surface area contributed by atoms with Gasteiger partial charge in [0.05, 0.1) is 0 Å². The Morgan fingerprint density at radius 1 is 1.55 bits per heavy atom. The Bertz CT molecular complexity index is 194. The molecule has 1 heterocycles. The van der Waals surface area contributed by atoms with E-state index < -0.39 is 10.9 Å². The molecule has 0 saturated carbocycles. The topological polar surface area (TPSA) is 0 Å². The summed E-state index contributed by atoms with van der Waals surface area (Å²) in [6.07, 6.45) is -2.81. The standard InChI is InChI=1S/C7H9F3S/c1-5-3-6(2,11-4-5)7(8,9)10/h3H,4H2,1-2H3. The maximum Gasteiger partial charge on any atom is 0.406 e. The summed E-state index contributed by atoms with van der Waals surface area (Å²) < 4.78 is 35.1. The van der Waals surface area contributed by atoms with E-state index in [9.17, 15) is 13.2 Å². The largest absolute Gasteiger partial charge is 0.406 e. The van der Waals surface area contributed by atoms with E-state index in [1.165, 1.54) is 13.0 Å². The van der Waals surface area contributed by atoms with Crippen molar-refractivity contribution in [3.63, 3.8) is 0 Å². The molecule has 0 nitrogen and oxygen atoms in total. The van der Waals surface area contributed by atoms with Crippen LogP contribution in [-0.4, -0.2) is 16.7 Å². The fourth-order valence-electron chi connectivity index (χ4n) is 0.981. The summed E-state index contributed by atoms with van der Waals surface area (Å²) in [6, 6.07) is 0. The van der Waals surface area contributed by atoms with Crippen LogP contribution in [0, 0.1) is 0 Å². The maximum atomic E-state index is 12.3. The zero-order valence-corrected chi connectivity index (χ0v) is 7.14. The summed E-state index contributed by atoms with van der Waals surface area (Å²) in [6.45, 7) is 2.94. The molecule has 0 aromatic carbocycles. The Morgan fingerprint density at radius 3 is 2.27 bits per heavy atom. The number of thioether (sulfide) groups is 1. The first kappa shape index (κ1) is 8.97. The molecule has 1 aliphatic heterocycles. The Labute approximate surface area is 67.9 Å². The smallest absolute Gasteiger partial charge is 0.169 e. The van der Waals surface area contributed by atoms with Gasteiger partial charge in [0.15, 0.2) is 0 Å². The van der Waals surface area contributed by atoms with Gasteiger partial charge in [-0.05, 0) is 13.8 Å². The van der Waals surface area contributed by atoms with Gasteiger partial charge in [0.1, 0.15) is 4.75 Å². The Hall–Kier alpha value is -0.120. The lowest BCUT2D eigenvalue weighted by atomic mass is 10.1. The van der Waals surface area contributed by atoms with Gasteiger partial charge in [-0.15, -0.1) is 11.8 Å². The first-order valence-electron chi connectivity index (χ1n) is 3.24. The molecule has 4 heteroatoms. The average Bonchev–Trinajstić information content (AvgIpc) is 2.10. The number of alkyl halides is 3. The molecular formula is C7H9F3S. The van der Waals surface area contributed by atoms with Gasteiger partial charge in [0.2, 0.25) is 0 Å². The second-order valence-electron chi connectivity index (χ2n) is 2.88. The summed E-state index contributed by atoms with van der Waals surface area (Å²) in [5, 5.41) is 0. The van der Waals surface area contributed by atoms with Crippen molar-refractivity contribution < 1.29 is 13.2 Å². The summed E-state index contributed by atoms with van der Waals surface area (Å²) in [5.74, 6) is 0.496. The first-order valence-corrected chi connectivity index (χ1v) is 4.23. The highest BCUT2D eigenvalue weighted by Gasteiger charge is 2.51. The number of hydrogen-bond acceptors (Lipinski definition) is 1. The van der Waals surface area contributed by atoms with E-state index in [1.54, 1.807) is 6.92 Å². The quantitative estimate of drug-likeness (QED) is 0.519. The number of halogens is 3. The lowest BCUT2D eigenvalue weighted by molar-refractivity contribution is -0.143. The zero-order valence-electron chi connectivity index (χ0n) is 6.33. The van der Waals surface area contributed by atoms with E-state index >= 15 is 0 Å². The highest BCUT2D eigenvalue weighted by atomic mass is 32.2. The van der Waals surface area contributed by atoms with Crippen LogP contribution in [0.15, 0.2) is 11.6 Å². The Morgan fingerprint density at radius 2 is 2.09 bits per heavy atom. The van der Waals surface area contributed by atoms with Gasteiger partial charge in [-0.2, -0.15) is 13.2 Å². The molecule has 0 saturated heterocycles. The van der Waals surface area contributed by atoms with Gasteiger partial charge in [0, 0.05) is 5.75 Å². The second-order valence-corrected chi connectivity index (χ2v) is 4.31. The van der Waals surface area contributed by atoms with Crippen molar-refractivity contribution in [3.8, 4) is 0 Å². The van der Waals surface area contributed by atoms with Gasteiger partial charge in [-0.3, -0.25) is 0 Å². The SMILES string of the molecule is CC1=CC(C)(C(F)(F)F)SC1. The molecule has 0 aromatic heterocycles. The van der Waals surface area contributed by atoms with Crippen LogP contribution >= 0.6 is 11.8 Å². The monoisotopic (exact) mass is 182 g/mol. The minimum atomic E-state index is -4.12. The lowest BCUT2D eigenvalue weighted by Crippen LogP contribution is -2.35. The molecule has 1 aliphatic rings. The van der Waals surface area contributed by atoms with E-state index in [0.717, 1.165) is 17.3 Å². The summed E-state index contributed by atoms with van der Waals surface area (Å²) in [4.78, 5) is 0. The summed E-state index contributed by atoms with van der Waals surface area (Å²) in [5.41, 5.74) is 0.815. The van der Waals surface area contributed by atoms with Crippen molar-refractivity contribution in [1.82, 2.24) is 0 Å². The molecule has 1 rings (SSSR count). The Kier molecular flexibility index (Phi) is 1.99. The van der Waals surface area contributed by atoms with Crippen LogP contribution in [-0.2, 0) is 0 Å². The minimum Gasteiger partial charge on any atom is -0.169 e. The summed E-state index contributed by atoms with van der Waals surface area (Å²) >= 11 is 0.942. The van der Waals surface area contributed by atoms with Gasteiger partial charge in [0.25, 0.3) is 0 Å². The molecule has 0 fully saturated rings. The van der Waals surface area contributed by atoms with Crippen LogP contribution in [0.25, 0.3) is 0 Å². The minimum absolute atomic E-state index is 0.496. The van der Waals surface area contributed by atoms with Gasteiger partial charge in [-0.1, -0.05) is 11.6 Å². The first-order chi connectivity index (χ1) is 4.85. The Balaban J connectivity index is 2.86. The maximum absolute atomic E-state index is 12.3.